The molecular formula is C27H33ClN6O3. The molecule has 0 bridgehead atoms. The number of carbonyl (C=O) groups is 2. The smallest absolute Gasteiger partial charge is 0.261 e. The second kappa shape index (κ2) is 11.0. The van der Waals surface area contributed by atoms with E-state index < -0.39 is 0 Å². The maximum atomic E-state index is 13.6. The molecule has 0 spiro atoms. The maximum Gasteiger partial charge on any atom is 0.261 e. The minimum absolute atomic E-state index is 0.0200. The number of imidazole rings is 1. The van der Waals surface area contributed by atoms with Crippen molar-refractivity contribution in [3.63, 3.8) is 0 Å². The molecule has 196 valence electrons. The Bertz CT molecular complexity index is 1350. The lowest BCUT2D eigenvalue weighted by Gasteiger charge is -2.32. The van der Waals surface area contributed by atoms with Gasteiger partial charge in [0.2, 0.25) is 17.6 Å². The van der Waals surface area contributed by atoms with Crippen LogP contribution >= 0.6 is 11.6 Å². The van der Waals surface area contributed by atoms with Crippen molar-refractivity contribution in [2.75, 3.05) is 31.1 Å². The SMILES string of the molecule is CCCCCn1c(N2CCC[C@H]2C(=O)N2CCNC(=O)CC2)cc(=O)n2cc(-c3ccc(Cl)cc3)nc12. The molecule has 1 aromatic carbocycles. The predicted octanol–water partition coefficient (Wildman–Crippen LogP) is 3.32. The third-order valence-electron chi connectivity index (χ3n) is 7.28. The van der Waals surface area contributed by atoms with Gasteiger partial charge in [0.15, 0.2) is 0 Å². The molecule has 1 N–H and O–H groups in total. The third kappa shape index (κ3) is 5.23. The van der Waals surface area contributed by atoms with Crippen LogP contribution in [0.4, 0.5) is 5.82 Å². The summed E-state index contributed by atoms with van der Waals surface area (Å²) in [5, 5.41) is 3.48. The van der Waals surface area contributed by atoms with Crippen molar-refractivity contribution in [2.45, 2.75) is 58.0 Å². The molecule has 0 saturated carbocycles. The van der Waals surface area contributed by atoms with E-state index in [0.29, 0.717) is 55.6 Å². The Labute approximate surface area is 221 Å². The molecule has 5 rings (SSSR count). The number of hydrogen-bond acceptors (Lipinski definition) is 5. The van der Waals surface area contributed by atoms with Gasteiger partial charge in [-0.2, -0.15) is 0 Å². The summed E-state index contributed by atoms with van der Waals surface area (Å²) < 4.78 is 3.69. The molecule has 2 aliphatic rings. The second-order valence-corrected chi connectivity index (χ2v) is 10.2. The molecule has 2 aromatic heterocycles. The molecule has 3 aromatic rings. The third-order valence-corrected chi connectivity index (χ3v) is 7.53. The van der Waals surface area contributed by atoms with Crippen molar-refractivity contribution in [1.82, 2.24) is 24.2 Å². The van der Waals surface area contributed by atoms with Gasteiger partial charge in [-0.05, 0) is 31.4 Å². The van der Waals surface area contributed by atoms with E-state index in [1.54, 1.807) is 21.6 Å². The molecule has 1 atom stereocenters. The zero-order chi connectivity index (χ0) is 25.9. The maximum absolute atomic E-state index is 13.6. The fourth-order valence-electron chi connectivity index (χ4n) is 5.31. The van der Waals surface area contributed by atoms with E-state index in [9.17, 15) is 14.4 Å². The highest BCUT2D eigenvalue weighted by Gasteiger charge is 2.36. The molecule has 0 radical (unpaired) electrons. The average molecular weight is 525 g/mol. The Kier molecular flexibility index (Phi) is 7.50. The van der Waals surface area contributed by atoms with Crippen molar-refractivity contribution in [3.05, 3.63) is 51.9 Å². The molecule has 2 saturated heterocycles. The summed E-state index contributed by atoms with van der Waals surface area (Å²) in [4.78, 5) is 47.5. The van der Waals surface area contributed by atoms with E-state index in [0.717, 1.165) is 43.5 Å². The fourth-order valence-corrected chi connectivity index (χ4v) is 5.44. The lowest BCUT2D eigenvalue weighted by Crippen LogP contribution is -2.48. The van der Waals surface area contributed by atoms with Gasteiger partial charge in [-0.3, -0.25) is 23.4 Å². The van der Waals surface area contributed by atoms with Crippen LogP contribution in [0.5, 0.6) is 0 Å². The number of hydrogen-bond donors (Lipinski definition) is 1. The number of aromatic nitrogens is 3. The van der Waals surface area contributed by atoms with E-state index in [4.69, 9.17) is 16.6 Å². The monoisotopic (exact) mass is 524 g/mol. The fraction of sp³-hybridized carbons (Fsp3) is 0.481. The Hall–Kier alpha value is -3.33. The van der Waals surface area contributed by atoms with Crippen molar-refractivity contribution in [3.8, 4) is 11.3 Å². The van der Waals surface area contributed by atoms with Crippen molar-refractivity contribution >= 4 is 35.0 Å². The number of carbonyl (C=O) groups excluding carboxylic acids is 2. The molecule has 2 aliphatic heterocycles. The largest absolute Gasteiger partial charge is 0.354 e. The van der Waals surface area contributed by atoms with Gasteiger partial charge in [0.05, 0.1) is 5.69 Å². The van der Waals surface area contributed by atoms with Crippen LogP contribution in [-0.4, -0.2) is 62.9 Å². The molecule has 4 heterocycles. The first-order chi connectivity index (χ1) is 18.0. The number of fused-ring (bicyclic) bond motifs is 1. The lowest BCUT2D eigenvalue weighted by molar-refractivity contribution is -0.132. The highest BCUT2D eigenvalue weighted by molar-refractivity contribution is 6.30. The van der Waals surface area contributed by atoms with Gasteiger partial charge < -0.3 is 15.1 Å². The molecule has 0 aliphatic carbocycles. The van der Waals surface area contributed by atoms with E-state index in [1.165, 1.54) is 0 Å². The van der Waals surface area contributed by atoms with E-state index >= 15 is 0 Å². The minimum atomic E-state index is -0.363. The van der Waals surface area contributed by atoms with Crippen LogP contribution in [0, 0.1) is 0 Å². The number of unbranched alkanes of at least 4 members (excludes halogenated alkanes) is 2. The van der Waals surface area contributed by atoms with Gasteiger partial charge in [-0.1, -0.05) is 43.5 Å². The number of nitrogens with zero attached hydrogens (tertiary/aromatic N) is 5. The normalized spacial score (nSPS) is 18.3. The first kappa shape index (κ1) is 25.3. The van der Waals surface area contributed by atoms with Crippen molar-refractivity contribution in [1.29, 1.82) is 0 Å². The summed E-state index contributed by atoms with van der Waals surface area (Å²) in [6.45, 7) is 4.93. The summed E-state index contributed by atoms with van der Waals surface area (Å²) in [6, 6.07) is 8.70. The average Bonchev–Trinajstić information content (AvgIpc) is 3.50. The van der Waals surface area contributed by atoms with Gasteiger partial charge in [-0.15, -0.1) is 0 Å². The zero-order valence-electron chi connectivity index (χ0n) is 21.2. The van der Waals surface area contributed by atoms with Crippen LogP contribution in [0.15, 0.2) is 41.3 Å². The molecule has 37 heavy (non-hydrogen) atoms. The number of nitrogens with one attached hydrogen (secondary N) is 1. The standard InChI is InChI=1S/C27H33ClN6O3/c1-2-3-4-13-33-24(32-14-5-6-22(32)26(37)31-15-11-23(35)29-12-16-31)17-25(36)34-18-21(30-27(33)34)19-7-9-20(28)10-8-19/h7-10,17-18,22H,2-6,11-16H2,1H3,(H,29,35)/t22-/m0/s1. The quantitative estimate of drug-likeness (QED) is 0.479. The summed E-state index contributed by atoms with van der Waals surface area (Å²) in [5.41, 5.74) is 1.41. The first-order valence-electron chi connectivity index (χ1n) is 13.2. The van der Waals surface area contributed by atoms with Gasteiger partial charge in [0, 0.05) is 62.0 Å². The molecule has 0 unspecified atom stereocenters. The van der Waals surface area contributed by atoms with Crippen LogP contribution < -0.4 is 15.8 Å². The molecule has 10 heteroatoms. The van der Waals surface area contributed by atoms with Crippen LogP contribution in [0.2, 0.25) is 5.02 Å². The van der Waals surface area contributed by atoms with Gasteiger partial charge in [0.25, 0.3) is 5.56 Å². The number of amides is 2. The number of halogens is 1. The lowest BCUT2D eigenvalue weighted by atomic mass is 10.2. The number of anilines is 1. The van der Waals surface area contributed by atoms with Gasteiger partial charge in [0.1, 0.15) is 11.9 Å². The van der Waals surface area contributed by atoms with Gasteiger partial charge in [-0.25, -0.2) is 4.98 Å². The number of aryl methyl sites for hydroxylation is 1. The first-order valence-corrected chi connectivity index (χ1v) is 13.5. The molecule has 2 fully saturated rings. The van der Waals surface area contributed by atoms with E-state index in [2.05, 4.69) is 21.7 Å². The van der Waals surface area contributed by atoms with Crippen LogP contribution in [0.1, 0.15) is 45.4 Å². The van der Waals surface area contributed by atoms with Crippen LogP contribution in [-0.2, 0) is 16.1 Å². The highest BCUT2D eigenvalue weighted by atomic mass is 35.5. The Balaban J connectivity index is 1.54. The van der Waals surface area contributed by atoms with Crippen LogP contribution in [0.3, 0.4) is 0 Å². The number of benzene rings is 1. The predicted molar refractivity (Wildman–Crippen MR) is 144 cm³/mol. The number of rotatable bonds is 7. The Morgan fingerprint density at radius 3 is 2.73 bits per heavy atom. The summed E-state index contributed by atoms with van der Waals surface area (Å²) in [7, 11) is 0. The van der Waals surface area contributed by atoms with Crippen LogP contribution in [0.25, 0.3) is 17.0 Å². The molecular weight excluding hydrogens is 492 g/mol. The molecule has 9 nitrogen and oxygen atoms in total. The van der Waals surface area contributed by atoms with Crippen molar-refractivity contribution in [2.24, 2.45) is 0 Å². The summed E-state index contributed by atoms with van der Waals surface area (Å²) >= 11 is 6.07. The Morgan fingerprint density at radius 2 is 1.95 bits per heavy atom. The van der Waals surface area contributed by atoms with E-state index in [1.807, 2.05) is 24.3 Å². The Morgan fingerprint density at radius 1 is 1.14 bits per heavy atom. The summed E-state index contributed by atoms with van der Waals surface area (Å²) in [6.07, 6.45) is 6.73. The zero-order valence-corrected chi connectivity index (χ0v) is 21.9. The summed E-state index contributed by atoms with van der Waals surface area (Å²) in [5.74, 6) is 1.31. The van der Waals surface area contributed by atoms with Gasteiger partial charge >= 0.3 is 0 Å². The van der Waals surface area contributed by atoms with E-state index in [-0.39, 0.29) is 23.4 Å². The highest BCUT2D eigenvalue weighted by Crippen LogP contribution is 2.29. The second-order valence-electron chi connectivity index (χ2n) is 9.78. The topological polar surface area (TPSA) is 92.0 Å². The minimum Gasteiger partial charge on any atom is -0.354 e. The molecule has 2 amide bonds. The van der Waals surface area contributed by atoms with Crippen molar-refractivity contribution < 1.29 is 9.59 Å².